The lowest BCUT2D eigenvalue weighted by molar-refractivity contribution is -0.720. The maximum atomic E-state index is 9.50. The van der Waals surface area contributed by atoms with Gasteiger partial charge in [0.2, 0.25) is 0 Å². The van der Waals surface area contributed by atoms with Crippen LogP contribution in [0, 0.1) is 20.2 Å². The van der Waals surface area contributed by atoms with Crippen LogP contribution in [0.4, 0.5) is 0 Å². The summed E-state index contributed by atoms with van der Waals surface area (Å²) in [5, 5.41) is 19.0. The first-order valence-electron chi connectivity index (χ1n) is 1.82. The van der Waals surface area contributed by atoms with Gasteiger partial charge in [0.1, 0.15) is 9.85 Å². The van der Waals surface area contributed by atoms with Crippen molar-refractivity contribution in [3.05, 3.63) is 20.2 Å². The smallest absolute Gasteiger partial charge is 0.287 e. The van der Waals surface area contributed by atoms with Gasteiger partial charge in [-0.25, -0.2) is 0 Å². The topological polar surface area (TPSA) is 103 Å². The number of nitro groups is 2. The van der Waals surface area contributed by atoms with E-state index in [1.165, 1.54) is 0 Å². The second-order valence-corrected chi connectivity index (χ2v) is 1.12. The van der Waals surface area contributed by atoms with Crippen molar-refractivity contribution >= 4 is 6.29 Å². The average Bonchev–Trinajstić information content (AvgIpc) is 1.64. The zero-order valence-electron chi connectivity index (χ0n) is 4.09. The lowest BCUT2D eigenvalue weighted by Crippen LogP contribution is -2.29. The summed E-state index contributed by atoms with van der Waals surface area (Å²) in [6.07, 6.45) is -2.65. The fourth-order valence-corrected chi connectivity index (χ4v) is 0.176. The van der Waals surface area contributed by atoms with Gasteiger partial charge in [-0.1, -0.05) is 0 Å². The summed E-state index contributed by atoms with van der Waals surface area (Å²) < 4.78 is 0. The molecule has 0 N–H and O–H groups in total. The van der Waals surface area contributed by atoms with E-state index >= 15 is 0 Å². The van der Waals surface area contributed by atoms with Crippen LogP contribution in [0.2, 0.25) is 0 Å². The molecule has 0 fully saturated rings. The Kier molecular flexibility index (Phi) is 2.24. The Bertz CT molecular complexity index is 139. The first-order valence-corrected chi connectivity index (χ1v) is 1.82. The van der Waals surface area contributed by atoms with Gasteiger partial charge in [-0.2, -0.15) is 0 Å². The van der Waals surface area contributed by atoms with Crippen molar-refractivity contribution in [1.29, 1.82) is 0 Å². The molecule has 0 amide bonds. The lowest BCUT2D eigenvalue weighted by atomic mass is 10.6. The Morgan fingerprint density at radius 1 is 1.22 bits per heavy atom. The van der Waals surface area contributed by atoms with Crippen LogP contribution in [-0.2, 0) is 4.79 Å². The molecule has 50 valence electrons. The van der Waals surface area contributed by atoms with Crippen molar-refractivity contribution in [3.63, 3.8) is 0 Å². The summed E-state index contributed by atoms with van der Waals surface area (Å²) in [6, 6.07) is 0. The molecule has 0 aromatic rings. The third kappa shape index (κ3) is 1.80. The molecule has 0 unspecified atom stereocenters. The molecule has 0 radical (unpaired) electrons. The van der Waals surface area contributed by atoms with E-state index in [4.69, 9.17) is 0 Å². The average molecular weight is 134 g/mol. The molecular formula is C2H2N2O5. The molecular weight excluding hydrogens is 132 g/mol. The molecule has 0 rings (SSSR count). The second-order valence-electron chi connectivity index (χ2n) is 1.12. The van der Waals surface area contributed by atoms with Gasteiger partial charge < -0.3 is 0 Å². The molecule has 0 bridgehead atoms. The molecule has 9 heavy (non-hydrogen) atoms. The number of nitrogens with zero attached hydrogens (tertiary/aromatic N) is 2. The third-order valence-corrected chi connectivity index (χ3v) is 0.554. The Labute approximate surface area is 48.6 Å². The normalized spacial score (nSPS) is 9.00. The molecule has 0 aliphatic carbocycles. The van der Waals surface area contributed by atoms with Gasteiger partial charge in [0, 0.05) is 0 Å². The Balaban J connectivity index is 4.16. The number of rotatable bonds is 3. The van der Waals surface area contributed by atoms with Crippen LogP contribution in [0.3, 0.4) is 0 Å². The van der Waals surface area contributed by atoms with Gasteiger partial charge >= 0.3 is 6.17 Å². The SMILES string of the molecule is O=CC([N+](=O)[O-])[N+](=O)[O-]. The van der Waals surface area contributed by atoms with Gasteiger partial charge in [0.05, 0.1) is 0 Å². The van der Waals surface area contributed by atoms with Crippen molar-refractivity contribution in [1.82, 2.24) is 0 Å². The van der Waals surface area contributed by atoms with Crippen LogP contribution in [0.5, 0.6) is 0 Å². The van der Waals surface area contributed by atoms with Crippen molar-refractivity contribution in [2.45, 2.75) is 6.17 Å². The van der Waals surface area contributed by atoms with Crippen LogP contribution < -0.4 is 0 Å². The van der Waals surface area contributed by atoms with E-state index in [1.807, 2.05) is 0 Å². The van der Waals surface area contributed by atoms with Gasteiger partial charge in [0.25, 0.3) is 6.29 Å². The van der Waals surface area contributed by atoms with Gasteiger partial charge in [-0.05, 0) is 0 Å². The predicted molar refractivity (Wildman–Crippen MR) is 23.8 cm³/mol. The zero-order valence-corrected chi connectivity index (χ0v) is 4.09. The Morgan fingerprint density at radius 3 is 1.56 bits per heavy atom. The molecule has 0 aromatic carbocycles. The Hall–Kier alpha value is -1.53. The summed E-state index contributed by atoms with van der Waals surface area (Å²) in [5.74, 6) is 0. The highest BCUT2D eigenvalue weighted by Crippen LogP contribution is 1.83. The molecule has 0 atom stereocenters. The number of carbonyl (C=O) groups is 1. The number of hydrogen-bond acceptors (Lipinski definition) is 5. The van der Waals surface area contributed by atoms with Crippen LogP contribution in [0.15, 0.2) is 0 Å². The molecule has 7 nitrogen and oxygen atoms in total. The quantitative estimate of drug-likeness (QED) is 0.214. The van der Waals surface area contributed by atoms with Crippen LogP contribution in [0.25, 0.3) is 0 Å². The minimum absolute atomic E-state index is 0.333. The first kappa shape index (κ1) is 7.47. The van der Waals surface area contributed by atoms with E-state index in [-0.39, 0.29) is 6.29 Å². The van der Waals surface area contributed by atoms with E-state index in [0.717, 1.165) is 0 Å². The maximum absolute atomic E-state index is 9.50. The highest BCUT2D eigenvalue weighted by atomic mass is 16.7. The highest BCUT2D eigenvalue weighted by molar-refractivity contribution is 5.52. The predicted octanol–water partition coefficient (Wildman–Crippen LogP) is -0.935. The minimum atomic E-state index is -2.31. The molecule has 0 saturated heterocycles. The fourth-order valence-electron chi connectivity index (χ4n) is 0.176. The summed E-state index contributed by atoms with van der Waals surface area (Å²) in [5.41, 5.74) is 0. The third-order valence-electron chi connectivity index (χ3n) is 0.554. The second kappa shape index (κ2) is 2.70. The standard InChI is InChI=1S/C2H2N2O5/c5-1-2(3(6)7)4(8)9/h1-2H. The molecule has 0 aliphatic rings. The van der Waals surface area contributed by atoms with E-state index in [9.17, 15) is 25.0 Å². The maximum Gasteiger partial charge on any atom is 0.505 e. The van der Waals surface area contributed by atoms with Crippen LogP contribution in [-0.4, -0.2) is 22.3 Å². The van der Waals surface area contributed by atoms with Crippen LogP contribution in [0.1, 0.15) is 0 Å². The highest BCUT2D eigenvalue weighted by Gasteiger charge is 2.30. The van der Waals surface area contributed by atoms with Crippen molar-refractivity contribution in [3.8, 4) is 0 Å². The summed E-state index contributed by atoms with van der Waals surface area (Å²) >= 11 is 0. The zero-order chi connectivity index (χ0) is 7.44. The summed E-state index contributed by atoms with van der Waals surface area (Å²) in [7, 11) is 0. The Morgan fingerprint density at radius 2 is 1.56 bits per heavy atom. The van der Waals surface area contributed by atoms with Gasteiger partial charge in [-0.15, -0.1) is 0 Å². The molecule has 7 heteroatoms. The van der Waals surface area contributed by atoms with E-state index < -0.39 is 16.0 Å². The van der Waals surface area contributed by atoms with Crippen molar-refractivity contribution < 1.29 is 14.6 Å². The molecule has 0 spiro atoms. The first-order chi connectivity index (χ1) is 4.09. The van der Waals surface area contributed by atoms with E-state index in [0.29, 0.717) is 0 Å². The lowest BCUT2D eigenvalue weighted by Gasteiger charge is -1.89. The van der Waals surface area contributed by atoms with Crippen molar-refractivity contribution in [2.24, 2.45) is 0 Å². The van der Waals surface area contributed by atoms with Gasteiger partial charge in [0.15, 0.2) is 0 Å². The number of carbonyl (C=O) groups excluding carboxylic acids is 1. The molecule has 0 aliphatic heterocycles. The molecule has 0 aromatic heterocycles. The summed E-state index contributed by atoms with van der Waals surface area (Å²) in [4.78, 5) is 26.0. The fraction of sp³-hybridized carbons (Fsp3) is 0.500. The minimum Gasteiger partial charge on any atom is -0.287 e. The molecule has 0 heterocycles. The van der Waals surface area contributed by atoms with Crippen LogP contribution >= 0.6 is 0 Å². The van der Waals surface area contributed by atoms with Gasteiger partial charge in [-0.3, -0.25) is 25.0 Å². The van der Waals surface area contributed by atoms with E-state index in [1.54, 1.807) is 0 Å². The monoisotopic (exact) mass is 134 g/mol. The number of aldehydes is 1. The number of hydrogen-bond donors (Lipinski definition) is 0. The van der Waals surface area contributed by atoms with E-state index in [2.05, 4.69) is 0 Å². The largest absolute Gasteiger partial charge is 0.505 e. The van der Waals surface area contributed by atoms with Crippen molar-refractivity contribution in [2.75, 3.05) is 0 Å². The summed E-state index contributed by atoms with van der Waals surface area (Å²) in [6.45, 7) is 0. The molecule has 0 saturated carbocycles.